The number of carbonyl (C=O) groups excluding carboxylic acids is 1. The molecule has 0 saturated carbocycles. The van der Waals surface area contributed by atoms with Crippen LogP contribution in [0.5, 0.6) is 0 Å². The summed E-state index contributed by atoms with van der Waals surface area (Å²) in [6, 6.07) is 0. The lowest BCUT2D eigenvalue weighted by molar-refractivity contribution is -0.134. The number of esters is 1. The third kappa shape index (κ3) is 12.5. The van der Waals surface area contributed by atoms with E-state index in [9.17, 15) is 4.79 Å². The van der Waals surface area contributed by atoms with Gasteiger partial charge < -0.3 is 4.74 Å². The molecule has 0 saturated heterocycles. The van der Waals surface area contributed by atoms with E-state index in [-0.39, 0.29) is 5.97 Å². The number of rotatable bonds is 9. The molecule has 0 aromatic carbocycles. The zero-order valence-corrected chi connectivity index (χ0v) is 11.5. The number of methoxy groups -OCH3 is 1. The van der Waals surface area contributed by atoms with Crippen LogP contribution in [-0.2, 0) is 9.53 Å². The molecule has 0 N–H and O–H groups in total. The molecule has 0 heterocycles. The first-order valence-electron chi connectivity index (χ1n) is 6.52. The van der Waals surface area contributed by atoms with Gasteiger partial charge in [0.15, 0.2) is 0 Å². The summed E-state index contributed by atoms with van der Waals surface area (Å²) in [5.41, 5.74) is 0. The molecule has 100 valence electrons. The van der Waals surface area contributed by atoms with Gasteiger partial charge >= 0.3 is 5.97 Å². The van der Waals surface area contributed by atoms with Gasteiger partial charge in [0.1, 0.15) is 0 Å². The predicted molar refractivity (Wildman–Crippen MR) is 77.3 cm³/mol. The molecule has 0 radical (unpaired) electrons. The summed E-state index contributed by atoms with van der Waals surface area (Å²) in [5, 5.41) is 0. The second kappa shape index (κ2) is 13.5. The van der Waals surface area contributed by atoms with Crippen LogP contribution < -0.4 is 0 Å². The largest absolute Gasteiger partial charge is 0.466 e. The van der Waals surface area contributed by atoms with Crippen LogP contribution >= 0.6 is 0 Å². The first kappa shape index (κ1) is 16.4. The lowest BCUT2D eigenvalue weighted by atomic mass is 10.2. The summed E-state index contributed by atoms with van der Waals surface area (Å²) in [5.74, 6) is -0.317. The van der Waals surface area contributed by atoms with Crippen molar-refractivity contribution in [3.8, 4) is 0 Å². The predicted octanol–water partition coefficient (Wildman–Crippen LogP) is 4.35. The minimum atomic E-state index is -0.317. The second-order valence-electron chi connectivity index (χ2n) is 3.83. The number of carbonyl (C=O) groups is 1. The molecule has 0 amide bonds. The van der Waals surface area contributed by atoms with E-state index in [1.165, 1.54) is 13.2 Å². The number of unbranched alkanes of at least 4 members (excludes halogenated alkanes) is 2. The zero-order valence-electron chi connectivity index (χ0n) is 11.5. The highest BCUT2D eigenvalue weighted by atomic mass is 16.5. The fourth-order valence-corrected chi connectivity index (χ4v) is 1.29. The molecule has 0 spiro atoms. The van der Waals surface area contributed by atoms with E-state index in [2.05, 4.69) is 42.0 Å². The Bertz CT molecular complexity index is 309. The molecule has 0 fully saturated rings. The van der Waals surface area contributed by atoms with Crippen LogP contribution in [0.15, 0.2) is 48.6 Å². The molecule has 0 aliphatic rings. The van der Waals surface area contributed by atoms with Crippen molar-refractivity contribution < 1.29 is 9.53 Å². The van der Waals surface area contributed by atoms with Crippen LogP contribution in [0.2, 0.25) is 0 Å². The van der Waals surface area contributed by atoms with Crippen molar-refractivity contribution in [2.45, 2.75) is 39.0 Å². The minimum Gasteiger partial charge on any atom is -0.466 e. The summed E-state index contributed by atoms with van der Waals surface area (Å²) in [4.78, 5) is 10.7. The topological polar surface area (TPSA) is 26.3 Å². The van der Waals surface area contributed by atoms with Crippen molar-refractivity contribution in [1.82, 2.24) is 0 Å². The van der Waals surface area contributed by atoms with Crippen molar-refractivity contribution in [2.24, 2.45) is 0 Å². The van der Waals surface area contributed by atoms with E-state index in [1.54, 1.807) is 6.08 Å². The zero-order chi connectivity index (χ0) is 13.5. The first-order valence-corrected chi connectivity index (χ1v) is 6.52. The molecule has 2 nitrogen and oxygen atoms in total. The van der Waals surface area contributed by atoms with Crippen molar-refractivity contribution in [3.63, 3.8) is 0 Å². The fourth-order valence-electron chi connectivity index (χ4n) is 1.29. The average Bonchev–Trinajstić information content (AvgIpc) is 2.39. The van der Waals surface area contributed by atoms with Crippen LogP contribution in [-0.4, -0.2) is 13.1 Å². The van der Waals surface area contributed by atoms with Gasteiger partial charge in [-0.15, -0.1) is 0 Å². The highest BCUT2D eigenvalue weighted by Gasteiger charge is 1.86. The summed E-state index contributed by atoms with van der Waals surface area (Å²) in [6.45, 7) is 2.14. The highest BCUT2D eigenvalue weighted by molar-refractivity contribution is 5.82. The summed E-state index contributed by atoms with van der Waals surface area (Å²) < 4.78 is 4.48. The fraction of sp³-hybridized carbons (Fsp3) is 0.438. The van der Waals surface area contributed by atoms with Gasteiger partial charge in [-0.3, -0.25) is 0 Å². The number of allylic oxidation sites excluding steroid dienone is 7. The Morgan fingerprint density at radius 3 is 2.44 bits per heavy atom. The third-order valence-corrected chi connectivity index (χ3v) is 2.26. The monoisotopic (exact) mass is 248 g/mol. The Kier molecular flexibility index (Phi) is 12.3. The van der Waals surface area contributed by atoms with Crippen LogP contribution in [0.3, 0.4) is 0 Å². The molecule has 18 heavy (non-hydrogen) atoms. The Morgan fingerprint density at radius 1 is 1.00 bits per heavy atom. The second-order valence-corrected chi connectivity index (χ2v) is 3.83. The molecule has 0 aromatic heterocycles. The Hall–Kier alpha value is -1.57. The van der Waals surface area contributed by atoms with Gasteiger partial charge in [0, 0.05) is 6.08 Å². The smallest absolute Gasteiger partial charge is 0.330 e. The van der Waals surface area contributed by atoms with Gasteiger partial charge in [-0.2, -0.15) is 0 Å². The minimum absolute atomic E-state index is 0.317. The number of hydrogen-bond donors (Lipinski definition) is 0. The Labute approximate surface area is 111 Å². The van der Waals surface area contributed by atoms with Gasteiger partial charge in [-0.05, 0) is 32.1 Å². The molecular weight excluding hydrogens is 224 g/mol. The van der Waals surface area contributed by atoms with Gasteiger partial charge in [0.2, 0.25) is 0 Å². The quantitative estimate of drug-likeness (QED) is 0.199. The number of ether oxygens (including phenoxy) is 1. The van der Waals surface area contributed by atoms with Crippen molar-refractivity contribution in [2.75, 3.05) is 7.11 Å². The van der Waals surface area contributed by atoms with Crippen LogP contribution in [0.4, 0.5) is 0 Å². The molecule has 2 heteroatoms. The van der Waals surface area contributed by atoms with E-state index in [4.69, 9.17) is 0 Å². The highest BCUT2D eigenvalue weighted by Crippen LogP contribution is 1.99. The maximum Gasteiger partial charge on any atom is 0.330 e. The molecule has 0 aliphatic heterocycles. The first-order chi connectivity index (χ1) is 8.81. The van der Waals surface area contributed by atoms with Crippen molar-refractivity contribution in [3.05, 3.63) is 48.6 Å². The van der Waals surface area contributed by atoms with Crippen LogP contribution in [0, 0.1) is 0 Å². The summed E-state index contributed by atoms with van der Waals surface area (Å²) >= 11 is 0. The number of hydrogen-bond acceptors (Lipinski definition) is 2. The molecule has 0 atom stereocenters. The van der Waals surface area contributed by atoms with E-state index in [1.807, 2.05) is 6.08 Å². The maximum absolute atomic E-state index is 10.7. The molecular formula is C16H24O2. The van der Waals surface area contributed by atoms with Crippen molar-refractivity contribution in [1.29, 1.82) is 0 Å². The lowest BCUT2D eigenvalue weighted by Crippen LogP contribution is -1.92. The van der Waals surface area contributed by atoms with Gasteiger partial charge in [-0.1, -0.05) is 49.5 Å². The van der Waals surface area contributed by atoms with Crippen LogP contribution in [0.1, 0.15) is 39.0 Å². The molecule has 0 unspecified atom stereocenters. The van der Waals surface area contributed by atoms with Gasteiger partial charge in [-0.25, -0.2) is 4.79 Å². The SMILES string of the molecule is CCC=CCC=CCCCC=CC=CC(=O)OC. The maximum atomic E-state index is 10.7. The van der Waals surface area contributed by atoms with Crippen LogP contribution in [0.25, 0.3) is 0 Å². The third-order valence-electron chi connectivity index (χ3n) is 2.26. The Balaban J connectivity index is 3.45. The molecule has 0 aromatic rings. The van der Waals surface area contributed by atoms with E-state index >= 15 is 0 Å². The average molecular weight is 248 g/mol. The summed E-state index contributed by atoms with van der Waals surface area (Å²) in [6.07, 6.45) is 21.3. The van der Waals surface area contributed by atoms with E-state index in [0.29, 0.717) is 0 Å². The standard InChI is InChI=1S/C16H24O2/c1-3-4-5-6-7-8-9-10-11-12-13-14-15-16(17)18-2/h4-5,7-8,12-15H,3,6,9-11H2,1-2H3. The lowest BCUT2D eigenvalue weighted by Gasteiger charge is -1.90. The molecule has 0 bridgehead atoms. The van der Waals surface area contributed by atoms with Gasteiger partial charge in [0.25, 0.3) is 0 Å². The normalized spacial score (nSPS) is 12.3. The van der Waals surface area contributed by atoms with Gasteiger partial charge in [0.05, 0.1) is 7.11 Å². The molecule has 0 aliphatic carbocycles. The Morgan fingerprint density at radius 2 is 1.72 bits per heavy atom. The molecule has 0 rings (SSSR count). The summed E-state index contributed by atoms with van der Waals surface area (Å²) in [7, 11) is 1.37. The van der Waals surface area contributed by atoms with E-state index in [0.717, 1.165) is 32.1 Å². The van der Waals surface area contributed by atoms with E-state index < -0.39 is 0 Å². The van der Waals surface area contributed by atoms with Crippen molar-refractivity contribution >= 4 is 5.97 Å².